The minimum Gasteiger partial charge on any atom is -0.497 e. The summed E-state index contributed by atoms with van der Waals surface area (Å²) >= 11 is 0. The normalized spacial score (nSPS) is 21.8. The lowest BCUT2D eigenvalue weighted by Gasteiger charge is -2.44. The highest BCUT2D eigenvalue weighted by molar-refractivity contribution is 6.37. The Morgan fingerprint density at radius 3 is 2.34 bits per heavy atom. The fourth-order valence-corrected chi connectivity index (χ4v) is 4.37. The Bertz CT molecular complexity index is 1020. The molecule has 3 N–H and O–H groups in total. The Morgan fingerprint density at radius 1 is 1.07 bits per heavy atom. The quantitative estimate of drug-likeness (QED) is 0.698. The van der Waals surface area contributed by atoms with Crippen LogP contribution in [0.15, 0.2) is 53.7 Å². The summed E-state index contributed by atoms with van der Waals surface area (Å²) in [5, 5.41) is 15.5. The van der Waals surface area contributed by atoms with Gasteiger partial charge in [-0.25, -0.2) is 0 Å². The van der Waals surface area contributed by atoms with E-state index in [1.54, 1.807) is 20.3 Å². The van der Waals surface area contributed by atoms with Crippen LogP contribution in [-0.2, 0) is 11.2 Å². The number of nitrogens with one attached hydrogen (secondary N) is 3. The minimum absolute atomic E-state index is 0.0154. The molecule has 5 rings (SSSR count). The van der Waals surface area contributed by atoms with Gasteiger partial charge in [0.25, 0.3) is 0 Å². The molecule has 0 radical (unpaired) electrons. The van der Waals surface area contributed by atoms with Gasteiger partial charge >= 0.3 is 0 Å². The molecule has 3 heterocycles. The van der Waals surface area contributed by atoms with Crippen LogP contribution in [0.1, 0.15) is 5.56 Å². The molecule has 0 aromatic heterocycles. The highest BCUT2D eigenvalue weighted by atomic mass is 16.5. The standard InChI is InChI=1S/C22H22N4O3/c1-28-15-8-14(9-16(10-15)29-2)26-21(23)19(20(27)22(26)11-24-12-22)18-7-13-5-3-4-6-17(13)25-18/h3-6,8-10,23-25H,7,11-12H2,1-2H3. The molecule has 0 unspecified atom stereocenters. The molecule has 2 fully saturated rings. The van der Waals surface area contributed by atoms with E-state index >= 15 is 0 Å². The van der Waals surface area contributed by atoms with Crippen molar-refractivity contribution in [1.82, 2.24) is 5.32 Å². The molecule has 0 bridgehead atoms. The molecule has 29 heavy (non-hydrogen) atoms. The molecule has 1 spiro atoms. The number of hydrogen-bond donors (Lipinski definition) is 3. The molecule has 7 heteroatoms. The predicted molar refractivity (Wildman–Crippen MR) is 111 cm³/mol. The zero-order valence-electron chi connectivity index (χ0n) is 16.3. The van der Waals surface area contributed by atoms with Crippen molar-refractivity contribution in [3.8, 4) is 11.5 Å². The van der Waals surface area contributed by atoms with E-state index in [2.05, 4.69) is 10.6 Å². The maximum absolute atomic E-state index is 13.6. The number of para-hydroxylation sites is 1. The number of benzene rings is 2. The molecule has 0 saturated carbocycles. The highest BCUT2D eigenvalue weighted by Gasteiger charge is 2.59. The van der Waals surface area contributed by atoms with Gasteiger partial charge < -0.3 is 25.0 Å². The van der Waals surface area contributed by atoms with E-state index < -0.39 is 5.54 Å². The lowest BCUT2D eigenvalue weighted by atomic mass is 9.86. The fourth-order valence-electron chi connectivity index (χ4n) is 4.37. The molecule has 3 aliphatic rings. The Kier molecular flexibility index (Phi) is 3.89. The SMILES string of the molecule is COc1cc(OC)cc(N2C(=N)C(=C3Cc4ccccc4N3)C(=O)C23CNC3)c1. The van der Waals surface area contributed by atoms with Crippen LogP contribution >= 0.6 is 0 Å². The summed E-state index contributed by atoms with van der Waals surface area (Å²) in [6.07, 6.45) is 0.623. The van der Waals surface area contributed by atoms with Gasteiger partial charge in [-0.15, -0.1) is 0 Å². The summed E-state index contributed by atoms with van der Waals surface area (Å²) in [4.78, 5) is 15.4. The second-order valence-corrected chi connectivity index (χ2v) is 7.53. The van der Waals surface area contributed by atoms with Gasteiger partial charge in [0, 0.05) is 49.1 Å². The summed E-state index contributed by atoms with van der Waals surface area (Å²) in [6.45, 7) is 0.995. The Balaban J connectivity index is 1.62. The lowest BCUT2D eigenvalue weighted by Crippen LogP contribution is -2.70. The first kappa shape index (κ1) is 17.8. The van der Waals surface area contributed by atoms with Crippen LogP contribution in [-0.4, -0.2) is 44.5 Å². The van der Waals surface area contributed by atoms with Crippen LogP contribution in [0.4, 0.5) is 11.4 Å². The molecule has 7 nitrogen and oxygen atoms in total. The number of ether oxygens (including phenoxy) is 2. The van der Waals surface area contributed by atoms with Crippen LogP contribution < -0.4 is 25.0 Å². The maximum Gasteiger partial charge on any atom is 0.196 e. The number of ketones is 1. The number of Topliss-reactive ketones (excluding diaryl/α,β-unsaturated/α-hetero) is 1. The van der Waals surface area contributed by atoms with Crippen molar-refractivity contribution in [2.75, 3.05) is 37.5 Å². The van der Waals surface area contributed by atoms with Gasteiger partial charge in [-0.1, -0.05) is 18.2 Å². The summed E-state index contributed by atoms with van der Waals surface area (Å²) in [6, 6.07) is 13.5. The minimum atomic E-state index is -0.784. The van der Waals surface area contributed by atoms with Crippen molar-refractivity contribution in [1.29, 1.82) is 5.41 Å². The summed E-state index contributed by atoms with van der Waals surface area (Å²) < 4.78 is 10.8. The molecule has 0 atom stereocenters. The molecule has 0 aliphatic carbocycles. The zero-order valence-corrected chi connectivity index (χ0v) is 16.3. The Morgan fingerprint density at radius 2 is 1.76 bits per heavy atom. The molecule has 3 aliphatic heterocycles. The Labute approximate surface area is 168 Å². The molecular formula is C22H22N4O3. The average Bonchev–Trinajstić information content (AvgIpc) is 3.22. The number of amidine groups is 1. The third-order valence-electron chi connectivity index (χ3n) is 5.94. The molecule has 148 valence electrons. The van der Waals surface area contributed by atoms with E-state index in [1.807, 2.05) is 41.3 Å². The fraction of sp³-hybridized carbons (Fsp3) is 0.273. The van der Waals surface area contributed by atoms with Gasteiger partial charge in [-0.05, 0) is 11.6 Å². The zero-order chi connectivity index (χ0) is 20.2. The molecule has 0 amide bonds. The number of hydrogen-bond acceptors (Lipinski definition) is 6. The first-order valence-corrected chi connectivity index (χ1v) is 9.53. The first-order chi connectivity index (χ1) is 14.1. The number of carbonyl (C=O) groups excluding carboxylic acids is 1. The topological polar surface area (TPSA) is 86.7 Å². The van der Waals surface area contributed by atoms with Crippen LogP contribution in [0.25, 0.3) is 0 Å². The summed E-state index contributed by atoms with van der Waals surface area (Å²) in [5.74, 6) is 1.43. The van der Waals surface area contributed by atoms with Gasteiger partial charge in [0.15, 0.2) is 5.78 Å². The number of carbonyl (C=O) groups is 1. The van der Waals surface area contributed by atoms with Crippen molar-refractivity contribution >= 4 is 23.0 Å². The number of fused-ring (bicyclic) bond motifs is 1. The van der Waals surface area contributed by atoms with Gasteiger partial charge in [0.05, 0.1) is 25.5 Å². The molecule has 2 aromatic carbocycles. The predicted octanol–water partition coefficient (Wildman–Crippen LogP) is 2.33. The highest BCUT2D eigenvalue weighted by Crippen LogP contribution is 2.43. The van der Waals surface area contributed by atoms with Crippen LogP contribution in [0.3, 0.4) is 0 Å². The van der Waals surface area contributed by atoms with E-state index in [4.69, 9.17) is 14.9 Å². The lowest BCUT2D eigenvalue weighted by molar-refractivity contribution is -0.120. The van der Waals surface area contributed by atoms with Gasteiger partial charge in [0.1, 0.15) is 22.9 Å². The van der Waals surface area contributed by atoms with Crippen molar-refractivity contribution in [2.45, 2.75) is 12.0 Å². The van der Waals surface area contributed by atoms with E-state index in [0.29, 0.717) is 42.3 Å². The smallest absolute Gasteiger partial charge is 0.196 e. The monoisotopic (exact) mass is 390 g/mol. The third-order valence-corrected chi connectivity index (χ3v) is 5.94. The van der Waals surface area contributed by atoms with Gasteiger partial charge in [-0.2, -0.15) is 0 Å². The number of anilines is 2. The number of rotatable bonds is 3. The number of allylic oxidation sites excluding steroid dienone is 1. The molecular weight excluding hydrogens is 368 g/mol. The average molecular weight is 390 g/mol. The first-order valence-electron chi connectivity index (χ1n) is 9.53. The van der Waals surface area contributed by atoms with E-state index in [-0.39, 0.29) is 11.6 Å². The number of methoxy groups -OCH3 is 2. The summed E-state index contributed by atoms with van der Waals surface area (Å²) in [7, 11) is 3.18. The van der Waals surface area contributed by atoms with Crippen molar-refractivity contribution in [3.63, 3.8) is 0 Å². The van der Waals surface area contributed by atoms with Gasteiger partial charge in [0.2, 0.25) is 0 Å². The summed E-state index contributed by atoms with van der Waals surface area (Å²) in [5.41, 5.74) is 3.32. The van der Waals surface area contributed by atoms with Gasteiger partial charge in [-0.3, -0.25) is 10.2 Å². The second kappa shape index (κ2) is 6.35. The third kappa shape index (κ3) is 2.47. The van der Waals surface area contributed by atoms with Crippen LogP contribution in [0.2, 0.25) is 0 Å². The largest absolute Gasteiger partial charge is 0.497 e. The molecule has 2 saturated heterocycles. The van der Waals surface area contributed by atoms with E-state index in [0.717, 1.165) is 16.9 Å². The maximum atomic E-state index is 13.6. The number of nitrogens with zero attached hydrogens (tertiary/aromatic N) is 1. The van der Waals surface area contributed by atoms with Crippen molar-refractivity contribution < 1.29 is 14.3 Å². The molecule has 2 aromatic rings. The Hall–Kier alpha value is -3.32. The van der Waals surface area contributed by atoms with E-state index in [9.17, 15) is 4.79 Å². The van der Waals surface area contributed by atoms with Crippen molar-refractivity contribution in [2.24, 2.45) is 0 Å². The van der Waals surface area contributed by atoms with Crippen molar-refractivity contribution in [3.05, 3.63) is 59.3 Å². The van der Waals surface area contributed by atoms with Crippen LogP contribution in [0.5, 0.6) is 11.5 Å². The van der Waals surface area contributed by atoms with E-state index in [1.165, 1.54) is 0 Å². The van der Waals surface area contributed by atoms with Crippen LogP contribution in [0, 0.1) is 5.41 Å². The second-order valence-electron chi connectivity index (χ2n) is 7.53.